The predicted molar refractivity (Wildman–Crippen MR) is 124 cm³/mol. The van der Waals surface area contributed by atoms with Crippen LogP contribution in [0.5, 0.6) is 0 Å². The average Bonchev–Trinajstić information content (AvgIpc) is 2.84. The number of carboxylic acids is 1. The number of para-hydroxylation sites is 1. The summed E-state index contributed by atoms with van der Waals surface area (Å²) in [7, 11) is -2.17. The van der Waals surface area contributed by atoms with Crippen molar-refractivity contribution in [2.75, 3.05) is 24.7 Å². The number of anilines is 2. The first-order valence-corrected chi connectivity index (χ1v) is 12.7. The van der Waals surface area contributed by atoms with E-state index in [9.17, 15) is 13.2 Å². The molecule has 0 aliphatic carbocycles. The molecule has 0 saturated heterocycles. The molecular weight excluding hydrogens is 432 g/mol. The number of fused-ring (bicyclic) bond motifs is 1. The highest BCUT2D eigenvalue weighted by atomic mass is 32.2. The summed E-state index contributed by atoms with van der Waals surface area (Å²) in [5.41, 5.74) is 1.89. The lowest BCUT2D eigenvalue weighted by atomic mass is 10.1. The zero-order chi connectivity index (χ0) is 22.6. The minimum absolute atomic E-state index is 0.144. The SMILES string of the molecule is CCCCC1CN(c2ccccc2)c2cc(SC)c(C#CC(=O)O)cc2S(=O)(=O)N1C. The Morgan fingerprint density at radius 2 is 1.97 bits per heavy atom. The van der Waals surface area contributed by atoms with E-state index in [1.54, 1.807) is 7.05 Å². The van der Waals surface area contributed by atoms with Crippen LogP contribution in [-0.4, -0.2) is 49.7 Å². The summed E-state index contributed by atoms with van der Waals surface area (Å²) in [5.74, 6) is 3.47. The van der Waals surface area contributed by atoms with Crippen LogP contribution in [0, 0.1) is 11.8 Å². The maximum absolute atomic E-state index is 13.6. The van der Waals surface area contributed by atoms with Crippen molar-refractivity contribution < 1.29 is 18.3 Å². The van der Waals surface area contributed by atoms with Gasteiger partial charge in [0.25, 0.3) is 0 Å². The first kappa shape index (κ1) is 23.2. The molecule has 164 valence electrons. The van der Waals surface area contributed by atoms with Gasteiger partial charge in [0, 0.05) is 41.7 Å². The molecule has 6 nitrogen and oxygen atoms in total. The molecule has 1 unspecified atom stereocenters. The van der Waals surface area contributed by atoms with E-state index < -0.39 is 16.0 Å². The van der Waals surface area contributed by atoms with Crippen molar-refractivity contribution in [1.29, 1.82) is 0 Å². The van der Waals surface area contributed by atoms with E-state index in [0.29, 0.717) is 17.8 Å². The number of hydrogen-bond acceptors (Lipinski definition) is 5. The third-order valence-electron chi connectivity index (χ3n) is 5.40. The van der Waals surface area contributed by atoms with Gasteiger partial charge < -0.3 is 10.0 Å². The molecule has 31 heavy (non-hydrogen) atoms. The Hall–Kier alpha value is -2.47. The van der Waals surface area contributed by atoms with Gasteiger partial charge >= 0.3 is 5.97 Å². The highest BCUT2D eigenvalue weighted by molar-refractivity contribution is 7.98. The monoisotopic (exact) mass is 458 g/mol. The Morgan fingerprint density at radius 3 is 2.58 bits per heavy atom. The van der Waals surface area contributed by atoms with Crippen LogP contribution in [0.4, 0.5) is 11.4 Å². The van der Waals surface area contributed by atoms with Gasteiger partial charge in [-0.2, -0.15) is 4.31 Å². The second-order valence-electron chi connectivity index (χ2n) is 7.34. The standard InChI is InChI=1S/C23H26N2O4S2/c1-4-5-9-19-16-25(18-10-7-6-8-11-18)20-15-21(30-3)17(12-13-23(26)27)14-22(20)31(28,29)24(19)2/h6-8,10-11,14-15,19H,4-5,9,16H2,1-3H3,(H,26,27). The number of benzene rings is 2. The molecule has 2 aromatic carbocycles. The fraction of sp³-hybridized carbons (Fsp3) is 0.348. The Balaban J connectivity index is 2.27. The quantitative estimate of drug-likeness (QED) is 0.535. The van der Waals surface area contributed by atoms with Gasteiger partial charge in [0.2, 0.25) is 10.0 Å². The molecule has 0 radical (unpaired) electrons. The highest BCUT2D eigenvalue weighted by Crippen LogP contribution is 2.40. The van der Waals surface area contributed by atoms with Gasteiger partial charge in [0.1, 0.15) is 4.90 Å². The summed E-state index contributed by atoms with van der Waals surface area (Å²) < 4.78 is 28.6. The van der Waals surface area contributed by atoms with E-state index in [2.05, 4.69) is 18.8 Å². The van der Waals surface area contributed by atoms with Crippen LogP contribution in [0.1, 0.15) is 31.7 Å². The summed E-state index contributed by atoms with van der Waals surface area (Å²) in [4.78, 5) is 13.9. The lowest BCUT2D eigenvalue weighted by Gasteiger charge is -2.29. The molecule has 8 heteroatoms. The molecule has 0 fully saturated rings. The Bertz CT molecular complexity index is 1120. The van der Waals surface area contributed by atoms with Crippen molar-refractivity contribution in [3.63, 3.8) is 0 Å². The number of sulfonamides is 1. The van der Waals surface area contributed by atoms with Crippen LogP contribution in [-0.2, 0) is 14.8 Å². The molecule has 0 aromatic heterocycles. The van der Waals surface area contributed by atoms with Gasteiger partial charge in [0.15, 0.2) is 0 Å². The zero-order valence-electron chi connectivity index (χ0n) is 17.8. The molecule has 1 atom stereocenters. The summed E-state index contributed by atoms with van der Waals surface area (Å²) in [6.07, 6.45) is 4.52. The molecule has 2 aromatic rings. The Labute approximate surface area is 188 Å². The fourth-order valence-corrected chi connectivity index (χ4v) is 5.83. The van der Waals surface area contributed by atoms with E-state index in [-0.39, 0.29) is 10.9 Å². The number of thioether (sulfide) groups is 1. The van der Waals surface area contributed by atoms with E-state index in [1.807, 2.05) is 47.6 Å². The average molecular weight is 459 g/mol. The smallest absolute Gasteiger partial charge is 0.382 e. The van der Waals surface area contributed by atoms with Crippen LogP contribution in [0.15, 0.2) is 52.3 Å². The van der Waals surface area contributed by atoms with E-state index in [1.165, 1.54) is 22.1 Å². The normalized spacial score (nSPS) is 17.9. The molecule has 1 N–H and O–H groups in total. The minimum atomic E-state index is -3.80. The summed E-state index contributed by atoms with van der Waals surface area (Å²) in [6.45, 7) is 2.62. The zero-order valence-corrected chi connectivity index (χ0v) is 19.5. The third-order valence-corrected chi connectivity index (χ3v) is 8.12. The van der Waals surface area contributed by atoms with E-state index in [4.69, 9.17) is 5.11 Å². The third kappa shape index (κ3) is 4.90. The summed E-state index contributed by atoms with van der Waals surface area (Å²) in [6, 6.07) is 12.9. The number of likely N-dealkylation sites (N-methyl/N-ethyl adjacent to an activating group) is 1. The summed E-state index contributed by atoms with van der Waals surface area (Å²) in [5, 5.41) is 8.96. The number of rotatable bonds is 5. The van der Waals surface area contributed by atoms with Gasteiger partial charge in [-0.3, -0.25) is 0 Å². The van der Waals surface area contributed by atoms with Crippen molar-refractivity contribution in [3.8, 4) is 11.8 Å². The topological polar surface area (TPSA) is 77.9 Å². The molecule has 1 aliphatic rings. The highest BCUT2D eigenvalue weighted by Gasteiger charge is 2.37. The lowest BCUT2D eigenvalue weighted by Crippen LogP contribution is -2.40. The number of hydrogen-bond donors (Lipinski definition) is 1. The van der Waals surface area contributed by atoms with Crippen LogP contribution in [0.2, 0.25) is 0 Å². The van der Waals surface area contributed by atoms with Crippen molar-refractivity contribution in [3.05, 3.63) is 48.0 Å². The predicted octanol–water partition coefficient (Wildman–Crippen LogP) is 4.18. The second kappa shape index (κ2) is 9.77. The fourth-order valence-electron chi connectivity index (χ4n) is 3.69. The molecule has 1 aliphatic heterocycles. The van der Waals surface area contributed by atoms with Crippen LogP contribution in [0.3, 0.4) is 0 Å². The van der Waals surface area contributed by atoms with Gasteiger partial charge in [-0.05, 0) is 36.9 Å². The molecule has 0 spiro atoms. The molecular formula is C23H26N2O4S2. The first-order chi connectivity index (χ1) is 14.8. The van der Waals surface area contributed by atoms with Gasteiger partial charge in [-0.15, -0.1) is 11.8 Å². The lowest BCUT2D eigenvalue weighted by molar-refractivity contribution is -0.130. The van der Waals surface area contributed by atoms with Crippen molar-refractivity contribution >= 4 is 39.1 Å². The second-order valence-corrected chi connectivity index (χ2v) is 10.2. The van der Waals surface area contributed by atoms with E-state index >= 15 is 0 Å². The largest absolute Gasteiger partial charge is 0.472 e. The van der Waals surface area contributed by atoms with Crippen LogP contribution < -0.4 is 4.90 Å². The molecule has 0 bridgehead atoms. The number of carbonyl (C=O) groups is 1. The first-order valence-electron chi connectivity index (χ1n) is 10.1. The number of carboxylic acid groups (broad SMARTS) is 1. The maximum Gasteiger partial charge on any atom is 0.382 e. The Kier molecular flexibility index (Phi) is 7.31. The van der Waals surface area contributed by atoms with Crippen LogP contribution >= 0.6 is 11.8 Å². The number of unbranched alkanes of at least 4 members (excludes halogenated alkanes) is 1. The van der Waals surface area contributed by atoms with Crippen molar-refractivity contribution in [2.45, 2.75) is 42.0 Å². The van der Waals surface area contributed by atoms with Gasteiger partial charge in [0.05, 0.1) is 5.69 Å². The van der Waals surface area contributed by atoms with Gasteiger partial charge in [-0.1, -0.05) is 43.9 Å². The van der Waals surface area contributed by atoms with E-state index in [0.717, 1.165) is 29.8 Å². The number of aliphatic carboxylic acids is 1. The maximum atomic E-state index is 13.6. The molecule has 0 amide bonds. The van der Waals surface area contributed by atoms with Crippen molar-refractivity contribution in [2.24, 2.45) is 0 Å². The number of nitrogens with zero attached hydrogens (tertiary/aromatic N) is 2. The molecule has 1 heterocycles. The Morgan fingerprint density at radius 1 is 1.26 bits per heavy atom. The summed E-state index contributed by atoms with van der Waals surface area (Å²) >= 11 is 1.41. The van der Waals surface area contributed by atoms with Crippen molar-refractivity contribution in [1.82, 2.24) is 4.31 Å². The minimum Gasteiger partial charge on any atom is -0.472 e. The molecule has 0 saturated carbocycles. The van der Waals surface area contributed by atoms with Gasteiger partial charge in [-0.25, -0.2) is 13.2 Å². The van der Waals surface area contributed by atoms with Crippen LogP contribution in [0.25, 0.3) is 0 Å². The molecule has 3 rings (SSSR count).